The fourth-order valence-electron chi connectivity index (χ4n) is 2.50. The first-order valence-electron chi connectivity index (χ1n) is 6.53. The summed E-state index contributed by atoms with van der Waals surface area (Å²) < 4.78 is 1.10. The van der Waals surface area contributed by atoms with Crippen LogP contribution in [0.3, 0.4) is 0 Å². The zero-order valence-corrected chi connectivity index (χ0v) is 11.4. The van der Waals surface area contributed by atoms with Crippen LogP contribution in [0.2, 0.25) is 0 Å². The third-order valence-electron chi connectivity index (χ3n) is 3.55. The van der Waals surface area contributed by atoms with Crippen molar-refractivity contribution in [2.45, 2.75) is 19.3 Å². The van der Waals surface area contributed by atoms with Crippen molar-refractivity contribution >= 4 is 33.1 Å². The van der Waals surface area contributed by atoms with Crippen molar-refractivity contribution in [2.24, 2.45) is 0 Å². The van der Waals surface area contributed by atoms with Crippen LogP contribution < -0.4 is 0 Å². The molecule has 0 radical (unpaired) electrons. The number of thiophene rings is 1. The highest BCUT2D eigenvalue weighted by Crippen LogP contribution is 2.26. The highest BCUT2D eigenvalue weighted by Gasteiger charge is 2.22. The summed E-state index contributed by atoms with van der Waals surface area (Å²) in [6.45, 7) is 1.60. The molecule has 1 aromatic heterocycles. The van der Waals surface area contributed by atoms with E-state index in [-0.39, 0.29) is 18.1 Å². The first-order chi connectivity index (χ1) is 9.25. The molecule has 0 spiro atoms. The Balaban J connectivity index is 1.78. The Morgan fingerprint density at radius 3 is 2.68 bits per heavy atom. The number of fused-ring (bicyclic) bond motifs is 1. The predicted octanol–water partition coefficient (Wildman–Crippen LogP) is 3.10. The molecule has 0 atom stereocenters. The first-order valence-corrected chi connectivity index (χ1v) is 7.41. The topological polar surface area (TPSA) is 37.4 Å². The number of carbonyl (C=O) groups is 2. The van der Waals surface area contributed by atoms with Gasteiger partial charge in [-0.1, -0.05) is 18.2 Å². The number of likely N-dealkylation sites (tertiary alicyclic amines) is 1. The second-order valence-electron chi connectivity index (χ2n) is 4.83. The van der Waals surface area contributed by atoms with Gasteiger partial charge in [-0.25, -0.2) is 0 Å². The van der Waals surface area contributed by atoms with Crippen LogP contribution in [-0.2, 0) is 4.79 Å². The molecule has 0 saturated carbocycles. The smallest absolute Gasteiger partial charge is 0.230 e. The lowest BCUT2D eigenvalue weighted by atomic mass is 10.1. The molecule has 1 aliphatic rings. The average molecular weight is 273 g/mol. The van der Waals surface area contributed by atoms with E-state index >= 15 is 0 Å². The maximum Gasteiger partial charge on any atom is 0.230 e. The molecule has 3 rings (SSSR count). The van der Waals surface area contributed by atoms with E-state index in [4.69, 9.17) is 0 Å². The van der Waals surface area contributed by atoms with Crippen molar-refractivity contribution in [2.75, 3.05) is 13.1 Å². The summed E-state index contributed by atoms with van der Waals surface area (Å²) in [6.07, 6.45) is 2.11. The van der Waals surface area contributed by atoms with Crippen LogP contribution in [0.25, 0.3) is 10.1 Å². The average Bonchev–Trinajstić information content (AvgIpc) is 3.08. The Bertz CT molecular complexity index is 626. The summed E-state index contributed by atoms with van der Waals surface area (Å²) in [5.74, 6) is -0.0906. The van der Waals surface area contributed by atoms with Gasteiger partial charge in [0.05, 0.1) is 6.42 Å². The minimum atomic E-state index is -0.0608. The van der Waals surface area contributed by atoms with E-state index in [1.807, 2.05) is 29.6 Å². The molecule has 1 amide bonds. The van der Waals surface area contributed by atoms with Crippen LogP contribution in [0.5, 0.6) is 0 Å². The number of nitrogens with zero attached hydrogens (tertiary/aromatic N) is 1. The van der Waals surface area contributed by atoms with Crippen molar-refractivity contribution in [1.82, 2.24) is 4.90 Å². The number of rotatable bonds is 3. The molecule has 2 aromatic rings. The number of amides is 1. The SMILES string of the molecule is O=C(CC(=O)N1CCCC1)c1csc2ccccc12. The molecule has 4 heteroatoms. The van der Waals surface area contributed by atoms with Crippen molar-refractivity contribution in [1.29, 1.82) is 0 Å². The second kappa shape index (κ2) is 5.13. The van der Waals surface area contributed by atoms with Crippen LogP contribution in [0.4, 0.5) is 0 Å². The molecule has 1 fully saturated rings. The van der Waals surface area contributed by atoms with Crippen molar-refractivity contribution < 1.29 is 9.59 Å². The number of Topliss-reactive ketones (excluding diaryl/α,β-unsaturated/α-hetero) is 1. The molecular formula is C15H15NO2S. The van der Waals surface area contributed by atoms with Gasteiger partial charge >= 0.3 is 0 Å². The molecule has 1 saturated heterocycles. The molecule has 3 nitrogen and oxygen atoms in total. The third-order valence-corrected chi connectivity index (χ3v) is 4.52. The van der Waals surface area contributed by atoms with Crippen LogP contribution in [0.1, 0.15) is 29.6 Å². The van der Waals surface area contributed by atoms with Gasteiger partial charge in [0.15, 0.2) is 5.78 Å². The van der Waals surface area contributed by atoms with E-state index in [2.05, 4.69) is 0 Å². The summed E-state index contributed by atoms with van der Waals surface area (Å²) in [5, 5.41) is 2.83. The van der Waals surface area contributed by atoms with Gasteiger partial charge < -0.3 is 4.90 Å². The largest absolute Gasteiger partial charge is 0.342 e. The number of benzene rings is 1. The van der Waals surface area contributed by atoms with Crippen molar-refractivity contribution in [3.05, 3.63) is 35.2 Å². The Labute approximate surface area is 115 Å². The molecule has 19 heavy (non-hydrogen) atoms. The number of ketones is 1. The second-order valence-corrected chi connectivity index (χ2v) is 5.74. The molecule has 98 valence electrons. The monoisotopic (exact) mass is 273 g/mol. The lowest BCUT2D eigenvalue weighted by molar-refractivity contribution is -0.129. The van der Waals surface area contributed by atoms with E-state index in [0.717, 1.165) is 36.0 Å². The first kappa shape index (κ1) is 12.4. The molecule has 1 aliphatic heterocycles. The maximum atomic E-state index is 12.2. The number of carbonyl (C=O) groups excluding carboxylic acids is 2. The van der Waals surface area contributed by atoms with Crippen molar-refractivity contribution in [3.8, 4) is 0 Å². The fourth-order valence-corrected chi connectivity index (χ4v) is 3.47. The van der Waals surface area contributed by atoms with E-state index in [1.165, 1.54) is 0 Å². The van der Waals surface area contributed by atoms with Gasteiger partial charge in [-0.3, -0.25) is 9.59 Å². The minimum absolute atomic E-state index is 0.000722. The molecule has 0 aliphatic carbocycles. The third kappa shape index (κ3) is 2.40. The van der Waals surface area contributed by atoms with Gasteiger partial charge in [-0.15, -0.1) is 11.3 Å². The molecular weight excluding hydrogens is 258 g/mol. The number of hydrogen-bond acceptors (Lipinski definition) is 3. The van der Waals surface area contributed by atoms with Gasteiger partial charge in [-0.05, 0) is 18.9 Å². The van der Waals surface area contributed by atoms with Gasteiger partial charge in [0.2, 0.25) is 5.91 Å². The lowest BCUT2D eigenvalue weighted by Crippen LogP contribution is -2.29. The predicted molar refractivity (Wildman–Crippen MR) is 76.6 cm³/mol. The van der Waals surface area contributed by atoms with Gasteiger partial charge in [0, 0.05) is 34.1 Å². The molecule has 0 N–H and O–H groups in total. The highest BCUT2D eigenvalue weighted by molar-refractivity contribution is 7.17. The van der Waals surface area contributed by atoms with Gasteiger partial charge in [0.1, 0.15) is 0 Å². The summed E-state index contributed by atoms with van der Waals surface area (Å²) in [6, 6.07) is 7.83. The normalized spacial score (nSPS) is 15.1. The zero-order valence-electron chi connectivity index (χ0n) is 10.6. The standard InChI is InChI=1S/C15H15NO2S/c17-13(9-15(18)16-7-3-4-8-16)12-10-19-14-6-2-1-5-11(12)14/h1-2,5-6,10H,3-4,7-9H2. The Hall–Kier alpha value is -1.68. The van der Waals surface area contributed by atoms with E-state index < -0.39 is 0 Å². The van der Waals surface area contributed by atoms with E-state index in [1.54, 1.807) is 16.2 Å². The lowest BCUT2D eigenvalue weighted by Gasteiger charge is -2.14. The summed E-state index contributed by atoms with van der Waals surface area (Å²) in [7, 11) is 0. The number of hydrogen-bond donors (Lipinski definition) is 0. The van der Waals surface area contributed by atoms with Crippen LogP contribution in [0.15, 0.2) is 29.6 Å². The summed E-state index contributed by atoms with van der Waals surface area (Å²) in [5.41, 5.74) is 0.688. The molecule has 2 heterocycles. The Morgan fingerprint density at radius 1 is 1.16 bits per heavy atom. The maximum absolute atomic E-state index is 12.2. The molecule has 0 unspecified atom stereocenters. The fraction of sp³-hybridized carbons (Fsp3) is 0.333. The van der Waals surface area contributed by atoms with E-state index in [0.29, 0.717) is 5.56 Å². The summed E-state index contributed by atoms with van der Waals surface area (Å²) >= 11 is 1.56. The van der Waals surface area contributed by atoms with Crippen LogP contribution >= 0.6 is 11.3 Å². The minimum Gasteiger partial charge on any atom is -0.342 e. The highest BCUT2D eigenvalue weighted by atomic mass is 32.1. The Morgan fingerprint density at radius 2 is 1.89 bits per heavy atom. The molecule has 0 bridgehead atoms. The quantitative estimate of drug-likeness (QED) is 0.636. The van der Waals surface area contributed by atoms with Gasteiger partial charge in [0.25, 0.3) is 0 Å². The van der Waals surface area contributed by atoms with E-state index in [9.17, 15) is 9.59 Å². The van der Waals surface area contributed by atoms with Crippen molar-refractivity contribution in [3.63, 3.8) is 0 Å². The Kier molecular flexibility index (Phi) is 3.34. The van der Waals surface area contributed by atoms with Gasteiger partial charge in [-0.2, -0.15) is 0 Å². The van der Waals surface area contributed by atoms with Crippen LogP contribution in [-0.4, -0.2) is 29.7 Å². The summed E-state index contributed by atoms with van der Waals surface area (Å²) in [4.78, 5) is 26.0. The molecule has 1 aromatic carbocycles. The van der Waals surface area contributed by atoms with Crippen LogP contribution in [0, 0.1) is 0 Å². The zero-order chi connectivity index (χ0) is 13.2.